The lowest BCUT2D eigenvalue weighted by molar-refractivity contribution is -0.168. The first-order chi connectivity index (χ1) is 14.7. The van der Waals surface area contributed by atoms with E-state index in [9.17, 15) is 4.79 Å². The van der Waals surface area contributed by atoms with Gasteiger partial charge in [-0.1, -0.05) is 60.7 Å². The molecule has 0 aromatic heterocycles. The molecule has 0 fully saturated rings. The summed E-state index contributed by atoms with van der Waals surface area (Å²) in [6.45, 7) is 4.62. The first kappa shape index (κ1) is 22.8. The molecule has 5 heteroatoms. The second-order valence-corrected chi connectivity index (χ2v) is 9.80. The van der Waals surface area contributed by atoms with Crippen LogP contribution in [0.25, 0.3) is 10.8 Å². The standard InChI is InChI=1S/C25H29O3PS/c1-3-27-24(26)25(28-4-2,17-20-10-6-5-7-11-20)18-29-19-30-23-15-14-21-12-8-9-13-22(21)16-23/h5-16,29H,3-4,17-19H2,1-2H3. The minimum atomic E-state index is -0.922. The van der Waals surface area contributed by atoms with Gasteiger partial charge in [0.05, 0.1) is 6.61 Å². The fourth-order valence-corrected chi connectivity index (χ4v) is 6.11. The SMILES string of the molecule is CCOC(=O)C(CPCSc1ccc2ccccc2c1)(Cc1ccccc1)OCC. The van der Waals surface area contributed by atoms with Gasteiger partial charge >= 0.3 is 5.97 Å². The summed E-state index contributed by atoms with van der Waals surface area (Å²) in [6.07, 6.45) is 1.20. The molecule has 0 spiro atoms. The van der Waals surface area contributed by atoms with Crippen molar-refractivity contribution in [2.45, 2.75) is 30.8 Å². The van der Waals surface area contributed by atoms with E-state index < -0.39 is 5.60 Å². The van der Waals surface area contributed by atoms with Crippen molar-refractivity contribution in [3.63, 3.8) is 0 Å². The Morgan fingerprint density at radius 3 is 2.40 bits per heavy atom. The molecular weight excluding hydrogens is 411 g/mol. The zero-order chi connectivity index (χ0) is 21.2. The molecule has 0 amide bonds. The number of fused-ring (bicyclic) bond motifs is 1. The summed E-state index contributed by atoms with van der Waals surface area (Å²) in [5, 5.41) is 2.51. The maximum Gasteiger partial charge on any atom is 0.339 e. The van der Waals surface area contributed by atoms with Crippen molar-refractivity contribution < 1.29 is 14.3 Å². The predicted octanol–water partition coefficient (Wildman–Crippen LogP) is 6.15. The quantitative estimate of drug-likeness (QED) is 0.155. The highest BCUT2D eigenvalue weighted by Gasteiger charge is 2.40. The first-order valence-electron chi connectivity index (χ1n) is 10.3. The summed E-state index contributed by atoms with van der Waals surface area (Å²) in [5.74, 6) is -0.251. The summed E-state index contributed by atoms with van der Waals surface area (Å²) in [4.78, 5) is 14.2. The third kappa shape index (κ3) is 6.07. The zero-order valence-electron chi connectivity index (χ0n) is 17.6. The summed E-state index contributed by atoms with van der Waals surface area (Å²) in [5.41, 5.74) is 1.11. The van der Waals surface area contributed by atoms with Crippen LogP contribution >= 0.6 is 20.3 Å². The minimum absolute atomic E-state index is 0.251. The van der Waals surface area contributed by atoms with E-state index in [1.54, 1.807) is 0 Å². The Morgan fingerprint density at radius 1 is 0.933 bits per heavy atom. The molecule has 0 bridgehead atoms. The fourth-order valence-electron chi connectivity index (χ4n) is 3.48. The lowest BCUT2D eigenvalue weighted by atomic mass is 9.96. The largest absolute Gasteiger partial charge is 0.464 e. The summed E-state index contributed by atoms with van der Waals surface area (Å²) >= 11 is 1.83. The monoisotopic (exact) mass is 440 g/mol. The lowest BCUT2D eigenvalue weighted by Crippen LogP contribution is -2.47. The molecule has 0 N–H and O–H groups in total. The Labute approximate surface area is 185 Å². The van der Waals surface area contributed by atoms with Gasteiger partial charge in [0.25, 0.3) is 0 Å². The van der Waals surface area contributed by atoms with Crippen molar-refractivity contribution >= 4 is 37.1 Å². The predicted molar refractivity (Wildman–Crippen MR) is 129 cm³/mol. The maximum atomic E-state index is 12.9. The van der Waals surface area contributed by atoms with E-state index in [-0.39, 0.29) is 5.97 Å². The van der Waals surface area contributed by atoms with Crippen LogP contribution in [0, 0.1) is 0 Å². The number of esters is 1. The van der Waals surface area contributed by atoms with Crippen LogP contribution in [0.2, 0.25) is 0 Å². The number of carbonyl (C=O) groups excluding carboxylic acids is 1. The fraction of sp³-hybridized carbons (Fsp3) is 0.320. The van der Waals surface area contributed by atoms with Crippen LogP contribution in [0.5, 0.6) is 0 Å². The second kappa shape index (κ2) is 11.5. The molecule has 0 heterocycles. The minimum Gasteiger partial charge on any atom is -0.464 e. The number of hydrogen-bond donors (Lipinski definition) is 0. The zero-order valence-corrected chi connectivity index (χ0v) is 19.4. The molecule has 0 aliphatic heterocycles. The van der Waals surface area contributed by atoms with Gasteiger partial charge in [-0.15, -0.1) is 20.3 Å². The van der Waals surface area contributed by atoms with Crippen molar-refractivity contribution in [2.75, 3.05) is 24.9 Å². The van der Waals surface area contributed by atoms with Crippen LogP contribution in [-0.2, 0) is 20.7 Å². The summed E-state index contributed by atoms with van der Waals surface area (Å²) in [7, 11) is 0.582. The topological polar surface area (TPSA) is 35.5 Å². The molecule has 0 aliphatic carbocycles. The number of hydrogen-bond acceptors (Lipinski definition) is 4. The maximum absolute atomic E-state index is 12.9. The molecule has 3 rings (SSSR count). The van der Waals surface area contributed by atoms with Gasteiger partial charge in [0.1, 0.15) is 0 Å². The Bertz CT molecular complexity index is 947. The van der Waals surface area contributed by atoms with Gasteiger partial charge in [-0.2, -0.15) is 0 Å². The van der Waals surface area contributed by atoms with E-state index >= 15 is 0 Å². The molecule has 0 radical (unpaired) electrons. The van der Waals surface area contributed by atoms with Crippen molar-refractivity contribution in [3.8, 4) is 0 Å². The van der Waals surface area contributed by atoms with Crippen molar-refractivity contribution in [2.24, 2.45) is 0 Å². The van der Waals surface area contributed by atoms with E-state index in [0.29, 0.717) is 34.4 Å². The van der Waals surface area contributed by atoms with Crippen molar-refractivity contribution in [1.29, 1.82) is 0 Å². The Morgan fingerprint density at radius 2 is 1.67 bits per heavy atom. The van der Waals surface area contributed by atoms with Crippen LogP contribution in [0.1, 0.15) is 19.4 Å². The number of rotatable bonds is 11. The Hall–Kier alpha value is -1.87. The van der Waals surface area contributed by atoms with Crippen LogP contribution in [0.4, 0.5) is 0 Å². The summed E-state index contributed by atoms with van der Waals surface area (Å²) < 4.78 is 11.5. The molecule has 158 valence electrons. The smallest absolute Gasteiger partial charge is 0.339 e. The highest BCUT2D eigenvalue weighted by atomic mass is 32.2. The van der Waals surface area contributed by atoms with E-state index in [1.165, 1.54) is 15.7 Å². The lowest BCUT2D eigenvalue weighted by Gasteiger charge is -2.31. The van der Waals surface area contributed by atoms with Gasteiger partial charge in [-0.05, 0) is 42.3 Å². The number of carbonyl (C=O) groups is 1. The molecule has 3 aromatic rings. The van der Waals surface area contributed by atoms with E-state index in [0.717, 1.165) is 11.1 Å². The average molecular weight is 441 g/mol. The number of benzene rings is 3. The summed E-state index contributed by atoms with van der Waals surface area (Å²) in [6, 6.07) is 25.0. The molecule has 3 nitrogen and oxygen atoms in total. The highest BCUT2D eigenvalue weighted by Crippen LogP contribution is 2.34. The van der Waals surface area contributed by atoms with Gasteiger partial charge in [-0.25, -0.2) is 4.79 Å². The van der Waals surface area contributed by atoms with Gasteiger partial charge in [0.2, 0.25) is 0 Å². The van der Waals surface area contributed by atoms with Crippen LogP contribution < -0.4 is 0 Å². The molecule has 3 aromatic carbocycles. The van der Waals surface area contributed by atoms with E-state index in [4.69, 9.17) is 9.47 Å². The Balaban J connectivity index is 1.67. The van der Waals surface area contributed by atoms with Gasteiger partial charge in [-0.3, -0.25) is 0 Å². The van der Waals surface area contributed by atoms with Crippen molar-refractivity contribution in [1.82, 2.24) is 0 Å². The average Bonchev–Trinajstić information content (AvgIpc) is 2.77. The highest BCUT2D eigenvalue weighted by molar-refractivity contribution is 8.03. The molecular formula is C25H29O3PS. The third-order valence-corrected chi connectivity index (χ3v) is 7.68. The molecule has 30 heavy (non-hydrogen) atoms. The van der Waals surface area contributed by atoms with E-state index in [2.05, 4.69) is 42.5 Å². The Kier molecular flexibility index (Phi) is 8.74. The van der Waals surface area contributed by atoms with Crippen molar-refractivity contribution in [3.05, 3.63) is 78.4 Å². The number of thioether (sulfide) groups is 1. The molecule has 2 unspecified atom stereocenters. The van der Waals surface area contributed by atoms with E-state index in [1.807, 2.05) is 55.9 Å². The molecule has 2 atom stereocenters. The molecule has 0 aliphatic rings. The first-order valence-corrected chi connectivity index (χ1v) is 12.7. The van der Waals surface area contributed by atoms with Gasteiger partial charge in [0.15, 0.2) is 5.60 Å². The third-order valence-electron chi connectivity index (χ3n) is 4.87. The van der Waals surface area contributed by atoms with Crippen LogP contribution in [-0.4, -0.2) is 36.4 Å². The second-order valence-electron chi connectivity index (χ2n) is 7.03. The van der Waals surface area contributed by atoms with Gasteiger partial charge < -0.3 is 9.47 Å². The molecule has 0 saturated carbocycles. The normalized spacial score (nSPS) is 13.5. The van der Waals surface area contributed by atoms with Gasteiger partial charge in [0, 0.05) is 29.6 Å². The van der Waals surface area contributed by atoms with Crippen LogP contribution in [0.3, 0.4) is 0 Å². The van der Waals surface area contributed by atoms with Crippen LogP contribution in [0.15, 0.2) is 77.7 Å². The molecule has 0 saturated heterocycles. The number of ether oxygens (including phenoxy) is 2.